The molecule has 0 amide bonds. The summed E-state index contributed by atoms with van der Waals surface area (Å²) in [5.41, 5.74) is 1.43. The summed E-state index contributed by atoms with van der Waals surface area (Å²) in [6.45, 7) is 1.89. The molecule has 0 aliphatic heterocycles. The van der Waals surface area contributed by atoms with E-state index in [-0.39, 0.29) is 5.69 Å². The SMILES string of the molecule is COc1c(C)ccc(Br)c1-c1cc(C(=O)O)no1. The highest BCUT2D eigenvalue weighted by atomic mass is 79.9. The largest absolute Gasteiger partial charge is 0.496 e. The van der Waals surface area contributed by atoms with Crippen LogP contribution >= 0.6 is 15.9 Å². The average Bonchev–Trinajstić information content (AvgIpc) is 2.81. The Morgan fingerprint density at radius 3 is 2.78 bits per heavy atom. The lowest BCUT2D eigenvalue weighted by Crippen LogP contribution is -1.95. The average molecular weight is 312 g/mol. The van der Waals surface area contributed by atoms with E-state index < -0.39 is 5.97 Å². The smallest absolute Gasteiger partial charge is 0.358 e. The van der Waals surface area contributed by atoms with Gasteiger partial charge in [-0.15, -0.1) is 0 Å². The molecule has 0 radical (unpaired) electrons. The van der Waals surface area contributed by atoms with Crippen molar-refractivity contribution in [3.8, 4) is 17.1 Å². The molecule has 0 spiro atoms. The molecule has 1 aromatic carbocycles. The number of aromatic nitrogens is 1. The van der Waals surface area contributed by atoms with Crippen molar-refractivity contribution in [1.29, 1.82) is 0 Å². The highest BCUT2D eigenvalue weighted by Crippen LogP contribution is 2.39. The molecule has 0 saturated carbocycles. The molecule has 0 bridgehead atoms. The van der Waals surface area contributed by atoms with Crippen LogP contribution in [0.2, 0.25) is 0 Å². The highest BCUT2D eigenvalue weighted by Gasteiger charge is 2.19. The Kier molecular flexibility index (Phi) is 3.38. The fourth-order valence-corrected chi connectivity index (χ4v) is 2.16. The van der Waals surface area contributed by atoms with Gasteiger partial charge in [-0.3, -0.25) is 0 Å². The topological polar surface area (TPSA) is 72.6 Å². The number of hydrogen-bond acceptors (Lipinski definition) is 4. The standard InChI is InChI=1S/C12H10BrNO4/c1-6-3-4-7(13)10(11(6)17-2)9-5-8(12(15)16)14-18-9/h3-5H,1-2H3,(H,15,16). The first-order valence-corrected chi connectivity index (χ1v) is 5.87. The van der Waals surface area contributed by atoms with E-state index in [9.17, 15) is 4.79 Å². The first kappa shape index (κ1) is 12.6. The van der Waals surface area contributed by atoms with E-state index in [1.165, 1.54) is 6.07 Å². The minimum Gasteiger partial charge on any atom is -0.496 e. The van der Waals surface area contributed by atoms with E-state index in [2.05, 4.69) is 21.1 Å². The summed E-state index contributed by atoms with van der Waals surface area (Å²) in [6, 6.07) is 5.10. The van der Waals surface area contributed by atoms with Gasteiger partial charge in [0.15, 0.2) is 11.5 Å². The first-order valence-electron chi connectivity index (χ1n) is 5.08. The molecule has 0 saturated heterocycles. The number of rotatable bonds is 3. The molecule has 0 aliphatic carbocycles. The van der Waals surface area contributed by atoms with Gasteiger partial charge in [0.25, 0.3) is 0 Å². The molecule has 6 heteroatoms. The van der Waals surface area contributed by atoms with Gasteiger partial charge in [0.2, 0.25) is 0 Å². The third-order valence-electron chi connectivity index (χ3n) is 2.48. The number of carboxylic acids is 1. The van der Waals surface area contributed by atoms with Gasteiger partial charge in [0.05, 0.1) is 12.7 Å². The van der Waals surface area contributed by atoms with E-state index in [1.54, 1.807) is 7.11 Å². The van der Waals surface area contributed by atoms with E-state index in [4.69, 9.17) is 14.4 Å². The second kappa shape index (κ2) is 4.81. The van der Waals surface area contributed by atoms with E-state index in [0.29, 0.717) is 17.1 Å². The number of halogens is 1. The van der Waals surface area contributed by atoms with Crippen molar-refractivity contribution in [1.82, 2.24) is 5.16 Å². The Morgan fingerprint density at radius 2 is 2.22 bits per heavy atom. The molecule has 0 unspecified atom stereocenters. The number of carbonyl (C=O) groups is 1. The van der Waals surface area contributed by atoms with Crippen LogP contribution in [0.1, 0.15) is 16.1 Å². The zero-order valence-electron chi connectivity index (χ0n) is 9.73. The highest BCUT2D eigenvalue weighted by molar-refractivity contribution is 9.10. The van der Waals surface area contributed by atoms with Crippen molar-refractivity contribution >= 4 is 21.9 Å². The van der Waals surface area contributed by atoms with Gasteiger partial charge in [-0.05, 0) is 34.5 Å². The van der Waals surface area contributed by atoms with Crippen molar-refractivity contribution in [3.63, 3.8) is 0 Å². The second-order valence-electron chi connectivity index (χ2n) is 3.65. The summed E-state index contributed by atoms with van der Waals surface area (Å²) < 4.78 is 11.1. The van der Waals surface area contributed by atoms with Crippen LogP contribution in [-0.2, 0) is 0 Å². The van der Waals surface area contributed by atoms with Crippen LogP contribution in [0.3, 0.4) is 0 Å². The predicted molar refractivity (Wildman–Crippen MR) is 67.9 cm³/mol. The Bertz CT molecular complexity index is 606. The fourth-order valence-electron chi connectivity index (χ4n) is 1.65. The lowest BCUT2D eigenvalue weighted by Gasteiger charge is -2.10. The molecule has 2 rings (SSSR count). The molecule has 2 aromatic rings. The van der Waals surface area contributed by atoms with Crippen LogP contribution in [0.25, 0.3) is 11.3 Å². The van der Waals surface area contributed by atoms with Crippen molar-refractivity contribution < 1.29 is 19.2 Å². The van der Waals surface area contributed by atoms with Gasteiger partial charge >= 0.3 is 5.97 Å². The Morgan fingerprint density at radius 1 is 1.50 bits per heavy atom. The first-order chi connectivity index (χ1) is 8.54. The van der Waals surface area contributed by atoms with Gasteiger partial charge in [-0.2, -0.15) is 0 Å². The summed E-state index contributed by atoms with van der Waals surface area (Å²) in [4.78, 5) is 10.8. The van der Waals surface area contributed by atoms with E-state index in [1.807, 2.05) is 19.1 Å². The number of ether oxygens (including phenoxy) is 1. The summed E-state index contributed by atoms with van der Waals surface area (Å²) in [5.74, 6) is -0.162. The van der Waals surface area contributed by atoms with Crippen LogP contribution in [0.5, 0.6) is 5.75 Å². The molecule has 94 valence electrons. The van der Waals surface area contributed by atoms with E-state index in [0.717, 1.165) is 10.0 Å². The zero-order valence-corrected chi connectivity index (χ0v) is 11.3. The molecule has 0 atom stereocenters. The quantitative estimate of drug-likeness (QED) is 0.942. The normalized spacial score (nSPS) is 10.4. The molecular formula is C12H10BrNO4. The fraction of sp³-hybridized carbons (Fsp3) is 0.167. The van der Waals surface area contributed by atoms with Crippen LogP contribution in [0.4, 0.5) is 0 Å². The number of methoxy groups -OCH3 is 1. The van der Waals surface area contributed by atoms with Crippen LogP contribution in [-0.4, -0.2) is 23.3 Å². The monoisotopic (exact) mass is 311 g/mol. The maximum Gasteiger partial charge on any atom is 0.358 e. The maximum absolute atomic E-state index is 10.8. The number of hydrogen-bond donors (Lipinski definition) is 1. The molecule has 1 aromatic heterocycles. The summed E-state index contributed by atoms with van der Waals surface area (Å²) in [6.07, 6.45) is 0. The van der Waals surface area contributed by atoms with Crippen molar-refractivity contribution in [3.05, 3.63) is 33.9 Å². The van der Waals surface area contributed by atoms with Gasteiger partial charge in [0.1, 0.15) is 5.75 Å². The Balaban J connectivity index is 2.62. The lowest BCUT2D eigenvalue weighted by molar-refractivity contribution is 0.0686. The summed E-state index contributed by atoms with van der Waals surface area (Å²) in [5, 5.41) is 12.3. The van der Waals surface area contributed by atoms with Gasteiger partial charge in [0, 0.05) is 10.5 Å². The predicted octanol–water partition coefficient (Wildman–Crippen LogP) is 3.12. The van der Waals surface area contributed by atoms with Gasteiger partial charge < -0.3 is 14.4 Å². The lowest BCUT2D eigenvalue weighted by atomic mass is 10.1. The molecule has 1 N–H and O–H groups in total. The van der Waals surface area contributed by atoms with Crippen LogP contribution in [0, 0.1) is 6.92 Å². The minimum atomic E-state index is -1.13. The number of aryl methyl sites for hydroxylation is 1. The Labute approximate surface area is 111 Å². The summed E-state index contributed by atoms with van der Waals surface area (Å²) >= 11 is 3.39. The maximum atomic E-state index is 10.8. The Hall–Kier alpha value is -1.82. The molecular weight excluding hydrogens is 302 g/mol. The third-order valence-corrected chi connectivity index (χ3v) is 3.14. The zero-order chi connectivity index (χ0) is 13.3. The minimum absolute atomic E-state index is 0.138. The number of carboxylic acid groups (broad SMARTS) is 1. The molecule has 18 heavy (non-hydrogen) atoms. The number of nitrogens with zero attached hydrogens (tertiary/aromatic N) is 1. The van der Waals surface area contributed by atoms with Crippen molar-refractivity contribution in [2.45, 2.75) is 6.92 Å². The second-order valence-corrected chi connectivity index (χ2v) is 4.51. The van der Waals surface area contributed by atoms with Gasteiger partial charge in [-0.1, -0.05) is 11.2 Å². The van der Waals surface area contributed by atoms with Crippen molar-refractivity contribution in [2.75, 3.05) is 7.11 Å². The van der Waals surface area contributed by atoms with E-state index >= 15 is 0 Å². The molecule has 1 heterocycles. The number of aromatic carboxylic acids is 1. The molecule has 0 fully saturated rings. The summed E-state index contributed by atoms with van der Waals surface area (Å²) in [7, 11) is 1.55. The molecule has 0 aliphatic rings. The van der Waals surface area contributed by atoms with Crippen LogP contribution in [0.15, 0.2) is 27.2 Å². The van der Waals surface area contributed by atoms with Crippen LogP contribution < -0.4 is 4.74 Å². The molecule has 5 nitrogen and oxygen atoms in total. The van der Waals surface area contributed by atoms with Crippen molar-refractivity contribution in [2.24, 2.45) is 0 Å². The van der Waals surface area contributed by atoms with Gasteiger partial charge in [-0.25, -0.2) is 4.79 Å². The number of benzene rings is 1. The third kappa shape index (κ3) is 2.11.